The van der Waals surface area contributed by atoms with Crippen molar-refractivity contribution in [2.24, 2.45) is 0 Å². The lowest BCUT2D eigenvalue weighted by atomic mass is 9.84. The lowest BCUT2D eigenvalue weighted by molar-refractivity contribution is -0.149. The summed E-state index contributed by atoms with van der Waals surface area (Å²) >= 11 is 1.36. The van der Waals surface area contributed by atoms with Gasteiger partial charge < -0.3 is 9.84 Å². The quantitative estimate of drug-likeness (QED) is 0.606. The van der Waals surface area contributed by atoms with Gasteiger partial charge in [0.2, 0.25) is 5.91 Å². The summed E-state index contributed by atoms with van der Waals surface area (Å²) in [4.78, 5) is 14.8. The zero-order valence-corrected chi connectivity index (χ0v) is 19.7. The molecule has 2 aliphatic heterocycles. The van der Waals surface area contributed by atoms with E-state index in [-0.39, 0.29) is 24.0 Å². The van der Waals surface area contributed by atoms with E-state index in [9.17, 15) is 15.2 Å². The second kappa shape index (κ2) is 8.67. The summed E-state index contributed by atoms with van der Waals surface area (Å²) in [7, 11) is 1.62. The highest BCUT2D eigenvalue weighted by molar-refractivity contribution is 8.03. The Bertz CT molecular complexity index is 1310. The number of allylic oxidation sites excluding steroid dienone is 1. The fraction of sp³-hybridized carbons (Fsp3) is 0.269. The van der Waals surface area contributed by atoms with Crippen molar-refractivity contribution in [3.8, 4) is 11.8 Å². The van der Waals surface area contributed by atoms with Gasteiger partial charge in [0.15, 0.2) is 5.72 Å². The van der Waals surface area contributed by atoms with E-state index in [1.807, 2.05) is 61.7 Å². The number of aromatic nitrogens is 2. The third-order valence-electron chi connectivity index (χ3n) is 6.42. The van der Waals surface area contributed by atoms with Crippen molar-refractivity contribution in [2.75, 3.05) is 12.9 Å². The van der Waals surface area contributed by atoms with E-state index in [0.29, 0.717) is 22.7 Å². The van der Waals surface area contributed by atoms with Gasteiger partial charge in [-0.1, -0.05) is 35.9 Å². The van der Waals surface area contributed by atoms with Crippen LogP contribution in [0.1, 0.15) is 34.6 Å². The largest absolute Gasteiger partial charge is 0.496 e. The molecule has 34 heavy (non-hydrogen) atoms. The number of nitriles is 1. The van der Waals surface area contributed by atoms with Crippen LogP contribution < -0.4 is 4.74 Å². The number of hydrogen-bond donors (Lipinski definition) is 1. The van der Waals surface area contributed by atoms with Gasteiger partial charge in [-0.15, -0.1) is 11.8 Å². The molecule has 172 valence electrons. The molecule has 7 nitrogen and oxygen atoms in total. The monoisotopic (exact) mass is 472 g/mol. The number of thioether (sulfide) groups is 1. The Balaban J connectivity index is 1.54. The predicted molar refractivity (Wildman–Crippen MR) is 129 cm³/mol. The highest BCUT2D eigenvalue weighted by Crippen LogP contribution is 2.51. The molecule has 0 spiro atoms. The SMILES string of the molecule is COc1ccc(C2CC(=O)N3C(=C2C#N)SCC3(O)c2ccc(C)cc2)cc1Cn1cccn1. The summed E-state index contributed by atoms with van der Waals surface area (Å²) in [5, 5.41) is 26.5. The van der Waals surface area contributed by atoms with E-state index >= 15 is 0 Å². The van der Waals surface area contributed by atoms with Crippen molar-refractivity contribution < 1.29 is 14.6 Å². The summed E-state index contributed by atoms with van der Waals surface area (Å²) in [5.41, 5.74) is 2.53. The smallest absolute Gasteiger partial charge is 0.231 e. The van der Waals surface area contributed by atoms with E-state index < -0.39 is 5.72 Å². The number of methoxy groups -OCH3 is 1. The Kier molecular flexibility index (Phi) is 5.68. The van der Waals surface area contributed by atoms with Crippen LogP contribution in [0.5, 0.6) is 5.75 Å². The minimum atomic E-state index is -1.47. The van der Waals surface area contributed by atoms with Crippen molar-refractivity contribution in [1.82, 2.24) is 14.7 Å². The van der Waals surface area contributed by atoms with Crippen LogP contribution in [-0.4, -0.2) is 38.6 Å². The Morgan fingerprint density at radius 1 is 1.29 bits per heavy atom. The van der Waals surface area contributed by atoms with Gasteiger partial charge in [0.05, 0.1) is 36.1 Å². The van der Waals surface area contributed by atoms with E-state index in [1.165, 1.54) is 16.7 Å². The van der Waals surface area contributed by atoms with E-state index in [2.05, 4.69) is 11.2 Å². The molecule has 1 saturated heterocycles. The van der Waals surface area contributed by atoms with Crippen molar-refractivity contribution in [3.05, 3.63) is 93.8 Å². The first-order valence-corrected chi connectivity index (χ1v) is 12.0. The molecule has 0 bridgehead atoms. The first kappa shape index (κ1) is 22.3. The summed E-state index contributed by atoms with van der Waals surface area (Å²) in [6.07, 6.45) is 3.70. The Morgan fingerprint density at radius 3 is 2.76 bits per heavy atom. The molecular weight excluding hydrogens is 448 g/mol. The second-order valence-corrected chi connectivity index (χ2v) is 9.53. The molecule has 1 fully saturated rings. The molecule has 5 rings (SSSR count). The van der Waals surface area contributed by atoms with Crippen LogP contribution in [0, 0.1) is 18.3 Å². The second-order valence-electron chi connectivity index (χ2n) is 8.56. The molecule has 1 aromatic heterocycles. The summed E-state index contributed by atoms with van der Waals surface area (Å²) in [6, 6.07) is 17.5. The first-order valence-electron chi connectivity index (χ1n) is 11.0. The minimum absolute atomic E-state index is 0.106. The predicted octanol–water partition coefficient (Wildman–Crippen LogP) is 3.89. The fourth-order valence-corrected chi connectivity index (χ4v) is 6.01. The molecule has 2 aromatic carbocycles. The van der Waals surface area contributed by atoms with Crippen LogP contribution in [-0.2, 0) is 17.1 Å². The normalized spacial score (nSPS) is 22.0. The number of ether oxygens (including phenoxy) is 1. The van der Waals surface area contributed by atoms with Gasteiger partial charge in [-0.2, -0.15) is 10.4 Å². The number of carbonyl (C=O) groups excluding carboxylic acids is 1. The van der Waals surface area contributed by atoms with Crippen LogP contribution in [0.15, 0.2) is 71.5 Å². The zero-order valence-electron chi connectivity index (χ0n) is 18.9. The van der Waals surface area contributed by atoms with Crippen molar-refractivity contribution >= 4 is 17.7 Å². The van der Waals surface area contributed by atoms with Gasteiger partial charge in [0.25, 0.3) is 0 Å². The van der Waals surface area contributed by atoms with Crippen LogP contribution in [0.4, 0.5) is 0 Å². The lowest BCUT2D eigenvalue weighted by Crippen LogP contribution is -2.48. The molecule has 0 saturated carbocycles. The summed E-state index contributed by atoms with van der Waals surface area (Å²) in [5.74, 6) is 0.413. The number of hydrogen-bond acceptors (Lipinski definition) is 6. The van der Waals surface area contributed by atoms with Crippen LogP contribution >= 0.6 is 11.8 Å². The Morgan fingerprint density at radius 2 is 2.09 bits per heavy atom. The van der Waals surface area contributed by atoms with Crippen LogP contribution in [0.3, 0.4) is 0 Å². The average molecular weight is 473 g/mol. The molecule has 8 heteroatoms. The van der Waals surface area contributed by atoms with Crippen LogP contribution in [0.25, 0.3) is 0 Å². The van der Waals surface area contributed by atoms with Crippen LogP contribution in [0.2, 0.25) is 0 Å². The molecule has 1 amide bonds. The fourth-order valence-electron chi connectivity index (χ4n) is 4.65. The molecule has 3 heterocycles. The molecule has 1 N–H and O–H groups in total. The Labute approximate surface area is 202 Å². The highest BCUT2D eigenvalue weighted by Gasteiger charge is 2.51. The van der Waals surface area contributed by atoms with Crippen molar-refractivity contribution in [1.29, 1.82) is 5.26 Å². The number of nitrogens with zero attached hydrogens (tertiary/aromatic N) is 4. The third-order valence-corrected chi connectivity index (χ3v) is 7.65. The summed E-state index contributed by atoms with van der Waals surface area (Å²) < 4.78 is 7.33. The van der Waals surface area contributed by atoms with Gasteiger partial charge in [0.1, 0.15) is 5.75 Å². The molecular formula is C26H24N4O3S. The third kappa shape index (κ3) is 3.67. The number of carbonyl (C=O) groups is 1. The van der Waals surface area contributed by atoms with Gasteiger partial charge in [0, 0.05) is 35.9 Å². The number of aliphatic hydroxyl groups is 1. The van der Waals surface area contributed by atoms with Crippen molar-refractivity contribution in [2.45, 2.75) is 31.5 Å². The number of fused-ring (bicyclic) bond motifs is 1. The van der Waals surface area contributed by atoms with E-state index in [0.717, 1.165) is 22.4 Å². The molecule has 0 aliphatic carbocycles. The maximum absolute atomic E-state index is 13.4. The van der Waals surface area contributed by atoms with E-state index in [4.69, 9.17) is 4.74 Å². The minimum Gasteiger partial charge on any atom is -0.496 e. The average Bonchev–Trinajstić information content (AvgIpc) is 3.48. The first-order chi connectivity index (χ1) is 16.4. The van der Waals surface area contributed by atoms with Gasteiger partial charge in [-0.3, -0.25) is 14.4 Å². The molecule has 2 atom stereocenters. The number of aryl methyl sites for hydroxylation is 1. The molecule has 0 radical (unpaired) electrons. The molecule has 2 unspecified atom stereocenters. The van der Waals surface area contributed by atoms with Gasteiger partial charge in [-0.25, -0.2) is 0 Å². The topological polar surface area (TPSA) is 91.4 Å². The number of rotatable bonds is 5. The standard InChI is InChI=1S/C26H24N4O3S/c1-17-4-7-20(8-5-17)26(32)16-34-25-22(14-27)21(13-24(31)30(25)26)18-6-9-23(33-2)19(12-18)15-29-11-3-10-28-29/h3-12,21,32H,13,15-16H2,1-2H3. The number of benzene rings is 2. The van der Waals surface area contributed by atoms with Crippen molar-refractivity contribution in [3.63, 3.8) is 0 Å². The number of amides is 1. The van der Waals surface area contributed by atoms with E-state index in [1.54, 1.807) is 18.0 Å². The van der Waals surface area contributed by atoms with Gasteiger partial charge >= 0.3 is 0 Å². The highest BCUT2D eigenvalue weighted by atomic mass is 32.2. The Hall–Kier alpha value is -3.54. The maximum atomic E-state index is 13.4. The maximum Gasteiger partial charge on any atom is 0.231 e. The summed E-state index contributed by atoms with van der Waals surface area (Å²) in [6.45, 7) is 2.49. The lowest BCUT2D eigenvalue weighted by Gasteiger charge is -2.38. The zero-order chi connectivity index (χ0) is 23.9. The molecule has 2 aliphatic rings. The molecule has 3 aromatic rings. The van der Waals surface area contributed by atoms with Gasteiger partial charge in [-0.05, 0) is 30.7 Å².